The molecule has 108 valence electrons. The zero-order valence-corrected chi connectivity index (χ0v) is 10.6. The van der Waals surface area contributed by atoms with Crippen molar-refractivity contribution in [3.05, 3.63) is 34.6 Å². The number of alkyl halides is 3. The van der Waals surface area contributed by atoms with E-state index < -0.39 is 24.6 Å². The number of rotatable bonds is 6. The molecule has 0 saturated heterocycles. The van der Waals surface area contributed by atoms with E-state index in [2.05, 4.69) is 10.2 Å². The molecule has 8 heteroatoms. The second-order valence-electron chi connectivity index (χ2n) is 3.93. The summed E-state index contributed by atoms with van der Waals surface area (Å²) in [6, 6.07) is 3.44. The van der Waals surface area contributed by atoms with Crippen molar-refractivity contribution in [2.75, 3.05) is 13.2 Å². The summed E-state index contributed by atoms with van der Waals surface area (Å²) in [6.45, 7) is -1.65. The molecule has 0 aliphatic carbocycles. The first-order valence-corrected chi connectivity index (χ1v) is 5.74. The van der Waals surface area contributed by atoms with Crippen LogP contribution in [-0.4, -0.2) is 25.4 Å². The number of hydrazine groups is 1. The van der Waals surface area contributed by atoms with Crippen molar-refractivity contribution in [1.29, 1.82) is 0 Å². The molecular weight excluding hydrogens is 288 g/mol. The van der Waals surface area contributed by atoms with Crippen LogP contribution in [0.2, 0.25) is 5.02 Å². The predicted molar refractivity (Wildman–Crippen MR) is 63.1 cm³/mol. The van der Waals surface area contributed by atoms with Gasteiger partial charge in [0.1, 0.15) is 12.4 Å². The van der Waals surface area contributed by atoms with E-state index in [1.807, 2.05) is 0 Å². The van der Waals surface area contributed by atoms with Crippen molar-refractivity contribution in [3.63, 3.8) is 0 Å². The van der Waals surface area contributed by atoms with Gasteiger partial charge in [0.2, 0.25) is 0 Å². The van der Waals surface area contributed by atoms with Gasteiger partial charge in [-0.2, -0.15) is 13.2 Å². The van der Waals surface area contributed by atoms with Gasteiger partial charge in [0.05, 0.1) is 6.61 Å². The lowest BCUT2D eigenvalue weighted by Gasteiger charge is -2.17. The molecule has 3 N–H and O–H groups in total. The fourth-order valence-corrected chi connectivity index (χ4v) is 1.59. The van der Waals surface area contributed by atoms with Gasteiger partial charge in [-0.05, 0) is 24.1 Å². The van der Waals surface area contributed by atoms with Gasteiger partial charge in [0.15, 0.2) is 0 Å². The first-order chi connectivity index (χ1) is 8.81. The Morgan fingerprint density at radius 1 is 1.37 bits per heavy atom. The molecule has 0 fully saturated rings. The normalized spacial score (nSPS) is 13.6. The lowest BCUT2D eigenvalue weighted by atomic mass is 10.1. The molecule has 3 nitrogen and oxygen atoms in total. The Hall–Kier alpha value is -0.890. The molecule has 1 unspecified atom stereocenters. The standard InChI is InChI=1S/C11H13ClF4N2O/c12-8-2-1-7(10(13)4-8)3-9(18-17)5-19-6-11(14,15)16/h1-2,4,9,18H,3,5-6,17H2. The number of halogens is 5. The molecule has 19 heavy (non-hydrogen) atoms. The molecule has 0 aliphatic heterocycles. The van der Waals surface area contributed by atoms with E-state index in [-0.39, 0.29) is 18.1 Å². The molecule has 0 heterocycles. The summed E-state index contributed by atoms with van der Waals surface area (Å²) >= 11 is 5.59. The highest BCUT2D eigenvalue weighted by Crippen LogP contribution is 2.17. The lowest BCUT2D eigenvalue weighted by Crippen LogP contribution is -2.41. The maximum Gasteiger partial charge on any atom is 0.411 e. The summed E-state index contributed by atoms with van der Waals surface area (Å²) in [5.74, 6) is 4.65. The highest BCUT2D eigenvalue weighted by atomic mass is 35.5. The van der Waals surface area contributed by atoms with E-state index in [1.54, 1.807) is 0 Å². The Morgan fingerprint density at radius 3 is 2.58 bits per heavy atom. The number of hydrogen-bond donors (Lipinski definition) is 2. The molecular formula is C11H13ClF4N2O. The van der Waals surface area contributed by atoms with Crippen molar-refractivity contribution in [3.8, 4) is 0 Å². The van der Waals surface area contributed by atoms with Crippen LogP contribution in [0.5, 0.6) is 0 Å². The second-order valence-corrected chi connectivity index (χ2v) is 4.37. The van der Waals surface area contributed by atoms with Crippen LogP contribution in [0.15, 0.2) is 18.2 Å². The van der Waals surface area contributed by atoms with Crippen molar-refractivity contribution in [1.82, 2.24) is 5.43 Å². The maximum absolute atomic E-state index is 13.5. The third-order valence-corrected chi connectivity index (χ3v) is 2.54. The van der Waals surface area contributed by atoms with E-state index in [9.17, 15) is 17.6 Å². The predicted octanol–water partition coefficient (Wildman–Crippen LogP) is 2.43. The van der Waals surface area contributed by atoms with Gasteiger partial charge in [0.25, 0.3) is 0 Å². The van der Waals surface area contributed by atoms with Gasteiger partial charge >= 0.3 is 6.18 Å². The summed E-state index contributed by atoms with van der Waals surface area (Å²) < 4.78 is 53.6. The molecule has 0 spiro atoms. The number of nitrogens with two attached hydrogens (primary N) is 1. The average Bonchev–Trinajstić information content (AvgIpc) is 2.29. The maximum atomic E-state index is 13.5. The lowest BCUT2D eigenvalue weighted by molar-refractivity contribution is -0.175. The molecule has 0 aliphatic rings. The molecule has 0 bridgehead atoms. The summed E-state index contributed by atoms with van der Waals surface area (Å²) in [4.78, 5) is 0. The Balaban J connectivity index is 2.52. The summed E-state index contributed by atoms with van der Waals surface area (Å²) in [5, 5.41) is 0.242. The van der Waals surface area contributed by atoms with Gasteiger partial charge in [-0.3, -0.25) is 11.3 Å². The van der Waals surface area contributed by atoms with Crippen molar-refractivity contribution < 1.29 is 22.3 Å². The van der Waals surface area contributed by atoms with Crippen LogP contribution in [0.3, 0.4) is 0 Å². The van der Waals surface area contributed by atoms with E-state index in [4.69, 9.17) is 17.4 Å². The van der Waals surface area contributed by atoms with Crippen LogP contribution in [0.4, 0.5) is 17.6 Å². The van der Waals surface area contributed by atoms with E-state index >= 15 is 0 Å². The van der Waals surface area contributed by atoms with Crippen molar-refractivity contribution in [2.45, 2.75) is 18.6 Å². The van der Waals surface area contributed by atoms with E-state index in [1.165, 1.54) is 12.1 Å². The number of hydrogen-bond acceptors (Lipinski definition) is 3. The number of ether oxygens (including phenoxy) is 1. The van der Waals surface area contributed by atoms with Crippen molar-refractivity contribution >= 4 is 11.6 Å². The summed E-state index contributed by atoms with van der Waals surface area (Å²) in [7, 11) is 0. The molecule has 0 aromatic heterocycles. The Bertz CT molecular complexity index is 414. The molecule has 1 aromatic carbocycles. The molecule has 1 aromatic rings. The van der Waals surface area contributed by atoms with Crippen LogP contribution in [-0.2, 0) is 11.2 Å². The minimum atomic E-state index is -4.40. The Kier molecular flexibility index (Phi) is 5.99. The van der Waals surface area contributed by atoms with Crippen LogP contribution in [0.25, 0.3) is 0 Å². The third-order valence-electron chi connectivity index (χ3n) is 2.30. The largest absolute Gasteiger partial charge is 0.411 e. The fourth-order valence-electron chi connectivity index (χ4n) is 1.44. The molecule has 1 rings (SSSR count). The second kappa shape index (κ2) is 7.04. The highest BCUT2D eigenvalue weighted by Gasteiger charge is 2.28. The zero-order chi connectivity index (χ0) is 14.5. The summed E-state index contributed by atoms with van der Waals surface area (Å²) in [6.07, 6.45) is -4.30. The highest BCUT2D eigenvalue weighted by molar-refractivity contribution is 6.30. The summed E-state index contributed by atoms with van der Waals surface area (Å²) in [5.41, 5.74) is 2.58. The number of benzene rings is 1. The first-order valence-electron chi connectivity index (χ1n) is 5.36. The Labute approximate surface area is 112 Å². The monoisotopic (exact) mass is 300 g/mol. The van der Waals surface area contributed by atoms with Crippen LogP contribution in [0, 0.1) is 5.82 Å². The first kappa shape index (κ1) is 16.2. The van der Waals surface area contributed by atoms with Crippen molar-refractivity contribution in [2.24, 2.45) is 5.84 Å². The molecule has 1 atom stereocenters. The SMILES string of the molecule is NNC(COCC(F)(F)F)Cc1ccc(Cl)cc1F. The van der Waals surface area contributed by atoms with Crippen LogP contribution in [0.1, 0.15) is 5.56 Å². The van der Waals surface area contributed by atoms with Gasteiger partial charge in [-0.1, -0.05) is 17.7 Å². The van der Waals surface area contributed by atoms with Gasteiger partial charge in [-0.25, -0.2) is 4.39 Å². The van der Waals surface area contributed by atoms with E-state index in [0.29, 0.717) is 5.56 Å². The fraction of sp³-hybridized carbons (Fsp3) is 0.455. The quantitative estimate of drug-likeness (QED) is 0.482. The van der Waals surface area contributed by atoms with Gasteiger partial charge in [-0.15, -0.1) is 0 Å². The van der Waals surface area contributed by atoms with Crippen LogP contribution < -0.4 is 11.3 Å². The number of nitrogens with one attached hydrogen (secondary N) is 1. The minimum Gasteiger partial charge on any atom is -0.370 e. The van der Waals surface area contributed by atoms with Crippen LogP contribution >= 0.6 is 11.6 Å². The molecule has 0 saturated carbocycles. The van der Waals surface area contributed by atoms with E-state index in [0.717, 1.165) is 6.07 Å². The molecule has 0 amide bonds. The molecule has 0 radical (unpaired) electrons. The average molecular weight is 301 g/mol. The smallest absolute Gasteiger partial charge is 0.370 e. The van der Waals surface area contributed by atoms with Gasteiger partial charge in [0, 0.05) is 11.1 Å². The zero-order valence-electron chi connectivity index (χ0n) is 9.81. The third kappa shape index (κ3) is 6.20. The minimum absolute atomic E-state index is 0.0946. The topological polar surface area (TPSA) is 47.3 Å². The Morgan fingerprint density at radius 2 is 2.05 bits per heavy atom. The van der Waals surface area contributed by atoms with Gasteiger partial charge < -0.3 is 4.74 Å².